The number of carbonyl (C=O) groups excluding carboxylic acids is 1. The van der Waals surface area contributed by atoms with Crippen molar-refractivity contribution >= 4 is 17.3 Å². The highest BCUT2D eigenvalue weighted by Crippen LogP contribution is 2.31. The van der Waals surface area contributed by atoms with Gasteiger partial charge in [-0.05, 0) is 38.5 Å². The Labute approximate surface area is 172 Å². The third-order valence-corrected chi connectivity index (χ3v) is 4.69. The third kappa shape index (κ3) is 4.93. The van der Waals surface area contributed by atoms with Crippen molar-refractivity contribution in [3.63, 3.8) is 0 Å². The molecule has 0 spiro atoms. The number of allylic oxidation sites excluding steroid dienone is 2. The summed E-state index contributed by atoms with van der Waals surface area (Å²) in [6.45, 7) is 10.8. The van der Waals surface area contributed by atoms with Crippen LogP contribution in [0.4, 0.5) is 5.69 Å². The van der Waals surface area contributed by atoms with E-state index in [4.69, 9.17) is 4.99 Å². The van der Waals surface area contributed by atoms with Gasteiger partial charge in [-0.3, -0.25) is 4.79 Å². The fourth-order valence-corrected chi connectivity index (χ4v) is 3.32. The van der Waals surface area contributed by atoms with Crippen LogP contribution in [0.2, 0.25) is 0 Å². The lowest BCUT2D eigenvalue weighted by Gasteiger charge is -2.27. The van der Waals surface area contributed by atoms with Crippen molar-refractivity contribution in [2.45, 2.75) is 33.4 Å². The van der Waals surface area contributed by atoms with Crippen molar-refractivity contribution in [1.29, 1.82) is 0 Å². The smallest absolute Gasteiger partial charge is 0.160 e. The minimum Gasteiger partial charge on any atom is -0.389 e. The van der Waals surface area contributed by atoms with E-state index in [-0.39, 0.29) is 11.9 Å². The first-order valence-corrected chi connectivity index (χ1v) is 9.91. The van der Waals surface area contributed by atoms with Gasteiger partial charge in [0.15, 0.2) is 5.78 Å². The Bertz CT molecular complexity index is 974. The normalized spacial score (nSPS) is 15.6. The molecule has 150 valence electrons. The number of ketones is 1. The molecule has 1 atom stereocenters. The summed E-state index contributed by atoms with van der Waals surface area (Å²) >= 11 is 0. The SMILES string of the molecule is C=C(/C=C(/C)NCCC)NC1=NC(c2ccccc2C(C)=O)Nc2ccccc21. The predicted molar refractivity (Wildman–Crippen MR) is 120 cm³/mol. The van der Waals surface area contributed by atoms with Crippen molar-refractivity contribution in [2.75, 3.05) is 11.9 Å². The standard InChI is InChI=1S/C24H28N4O/c1-5-14-25-16(2)15-17(3)26-24-21-12-8-9-13-22(21)27-23(28-24)20-11-7-6-10-19(20)18(4)29/h6-13,15,23,25,27H,3,5,14H2,1-2,4H3,(H,26,28)/b16-15-. The third-order valence-electron chi connectivity index (χ3n) is 4.69. The molecule has 0 radical (unpaired) electrons. The summed E-state index contributed by atoms with van der Waals surface area (Å²) in [5, 5.41) is 10.1. The van der Waals surface area contributed by atoms with E-state index in [1.54, 1.807) is 6.92 Å². The van der Waals surface area contributed by atoms with E-state index in [0.29, 0.717) is 5.56 Å². The lowest BCUT2D eigenvalue weighted by Crippen LogP contribution is -2.30. The quantitative estimate of drug-likeness (QED) is 0.472. The zero-order valence-electron chi connectivity index (χ0n) is 17.3. The van der Waals surface area contributed by atoms with Crippen LogP contribution in [-0.2, 0) is 0 Å². The summed E-state index contributed by atoms with van der Waals surface area (Å²) in [5.41, 5.74) is 5.26. The average molecular weight is 389 g/mol. The molecule has 3 rings (SSSR count). The highest BCUT2D eigenvalue weighted by molar-refractivity contribution is 6.06. The summed E-state index contributed by atoms with van der Waals surface area (Å²) in [4.78, 5) is 17.0. The Morgan fingerprint density at radius 3 is 2.66 bits per heavy atom. The van der Waals surface area contributed by atoms with Crippen LogP contribution in [0.25, 0.3) is 0 Å². The molecule has 0 fully saturated rings. The van der Waals surface area contributed by atoms with Crippen LogP contribution in [0.1, 0.15) is 54.8 Å². The molecule has 5 nitrogen and oxygen atoms in total. The minimum absolute atomic E-state index is 0.0240. The molecule has 3 N–H and O–H groups in total. The number of rotatable bonds is 7. The number of Topliss-reactive ketones (excluding diaryl/α,β-unsaturated/α-hetero) is 1. The first kappa shape index (κ1) is 20.4. The summed E-state index contributed by atoms with van der Waals surface area (Å²) < 4.78 is 0. The van der Waals surface area contributed by atoms with Gasteiger partial charge in [0.2, 0.25) is 0 Å². The zero-order chi connectivity index (χ0) is 20.8. The Hall–Kier alpha value is -3.34. The number of carbonyl (C=O) groups is 1. The van der Waals surface area contributed by atoms with Crippen molar-refractivity contribution in [2.24, 2.45) is 4.99 Å². The fraction of sp³-hybridized carbons (Fsp3) is 0.250. The summed E-state index contributed by atoms with van der Waals surface area (Å²) in [6.07, 6.45) is 2.68. The Morgan fingerprint density at radius 1 is 1.17 bits per heavy atom. The van der Waals surface area contributed by atoms with Crippen LogP contribution in [0.5, 0.6) is 0 Å². The largest absolute Gasteiger partial charge is 0.389 e. The Kier molecular flexibility index (Phi) is 6.50. The fourth-order valence-electron chi connectivity index (χ4n) is 3.32. The van der Waals surface area contributed by atoms with Gasteiger partial charge in [0.1, 0.15) is 12.0 Å². The summed E-state index contributed by atoms with van der Waals surface area (Å²) in [6, 6.07) is 15.6. The van der Waals surface area contributed by atoms with E-state index < -0.39 is 0 Å². The minimum atomic E-state index is -0.358. The van der Waals surface area contributed by atoms with Crippen molar-refractivity contribution in [3.8, 4) is 0 Å². The lowest BCUT2D eigenvalue weighted by molar-refractivity contribution is 0.101. The number of fused-ring (bicyclic) bond motifs is 1. The van der Waals surface area contributed by atoms with Gasteiger partial charge in [-0.1, -0.05) is 49.9 Å². The monoisotopic (exact) mass is 388 g/mol. The molecule has 0 saturated carbocycles. The molecular formula is C24H28N4O. The molecule has 0 bridgehead atoms. The van der Waals surface area contributed by atoms with Gasteiger partial charge in [-0.2, -0.15) is 0 Å². The van der Waals surface area contributed by atoms with E-state index in [2.05, 4.69) is 29.5 Å². The number of para-hydroxylation sites is 1. The molecule has 1 aliphatic heterocycles. The van der Waals surface area contributed by atoms with E-state index in [1.165, 1.54) is 0 Å². The predicted octanol–water partition coefficient (Wildman–Crippen LogP) is 4.77. The highest BCUT2D eigenvalue weighted by atomic mass is 16.1. The number of amidine groups is 1. The van der Waals surface area contributed by atoms with Gasteiger partial charge in [0.25, 0.3) is 0 Å². The molecule has 0 saturated heterocycles. The second-order valence-corrected chi connectivity index (χ2v) is 7.12. The van der Waals surface area contributed by atoms with Gasteiger partial charge >= 0.3 is 0 Å². The van der Waals surface area contributed by atoms with Gasteiger partial charge in [-0.15, -0.1) is 0 Å². The number of hydrogen-bond donors (Lipinski definition) is 3. The summed E-state index contributed by atoms with van der Waals surface area (Å²) in [7, 11) is 0. The molecule has 0 amide bonds. The molecule has 0 aromatic heterocycles. The van der Waals surface area contributed by atoms with Crippen LogP contribution in [0, 0.1) is 0 Å². The number of hydrogen-bond acceptors (Lipinski definition) is 5. The Balaban J connectivity index is 1.93. The van der Waals surface area contributed by atoms with E-state index in [1.807, 2.05) is 61.5 Å². The number of aliphatic imine (C=N–C) groups is 1. The molecule has 0 aliphatic carbocycles. The highest BCUT2D eigenvalue weighted by Gasteiger charge is 2.24. The molecule has 2 aromatic rings. The second-order valence-electron chi connectivity index (χ2n) is 7.12. The lowest BCUT2D eigenvalue weighted by atomic mass is 10.00. The molecule has 1 unspecified atom stereocenters. The number of nitrogens with zero attached hydrogens (tertiary/aromatic N) is 1. The number of benzene rings is 2. The van der Waals surface area contributed by atoms with Crippen LogP contribution in [0.15, 0.2) is 77.6 Å². The molecule has 29 heavy (non-hydrogen) atoms. The summed E-state index contributed by atoms with van der Waals surface area (Å²) in [5.74, 6) is 0.753. The van der Waals surface area contributed by atoms with Gasteiger partial charge < -0.3 is 16.0 Å². The number of anilines is 1. The molecule has 5 heteroatoms. The maximum Gasteiger partial charge on any atom is 0.160 e. The van der Waals surface area contributed by atoms with Gasteiger partial charge in [0.05, 0.1) is 0 Å². The van der Waals surface area contributed by atoms with E-state index >= 15 is 0 Å². The maximum absolute atomic E-state index is 12.1. The van der Waals surface area contributed by atoms with Crippen molar-refractivity contribution < 1.29 is 4.79 Å². The second kappa shape index (κ2) is 9.24. The first-order valence-electron chi connectivity index (χ1n) is 9.91. The Morgan fingerprint density at radius 2 is 1.90 bits per heavy atom. The van der Waals surface area contributed by atoms with Gasteiger partial charge in [0, 0.05) is 40.3 Å². The molecule has 1 aliphatic rings. The maximum atomic E-state index is 12.1. The van der Waals surface area contributed by atoms with Crippen LogP contribution >= 0.6 is 0 Å². The molecule has 1 heterocycles. The van der Waals surface area contributed by atoms with Crippen LogP contribution < -0.4 is 16.0 Å². The first-order chi connectivity index (χ1) is 14.0. The molecule has 2 aromatic carbocycles. The van der Waals surface area contributed by atoms with Crippen LogP contribution in [-0.4, -0.2) is 18.2 Å². The van der Waals surface area contributed by atoms with E-state index in [0.717, 1.165) is 47.0 Å². The topological polar surface area (TPSA) is 65.5 Å². The van der Waals surface area contributed by atoms with Crippen molar-refractivity contribution in [1.82, 2.24) is 10.6 Å². The number of nitrogens with one attached hydrogen (secondary N) is 3. The van der Waals surface area contributed by atoms with Gasteiger partial charge in [-0.25, -0.2) is 4.99 Å². The zero-order valence-corrected chi connectivity index (χ0v) is 17.3. The van der Waals surface area contributed by atoms with E-state index in [9.17, 15) is 4.79 Å². The van der Waals surface area contributed by atoms with Crippen LogP contribution in [0.3, 0.4) is 0 Å². The average Bonchev–Trinajstić information content (AvgIpc) is 2.72. The molecular weight excluding hydrogens is 360 g/mol. The van der Waals surface area contributed by atoms with Crippen molar-refractivity contribution in [3.05, 3.63) is 89.3 Å².